The van der Waals surface area contributed by atoms with Crippen LogP contribution in [0.3, 0.4) is 0 Å². The molecular formula is C12H15NO4. The zero-order valence-electron chi connectivity index (χ0n) is 9.72. The lowest BCUT2D eigenvalue weighted by molar-refractivity contribution is -0.143. The number of carbonyl (C=O) groups is 3. The quantitative estimate of drug-likeness (QED) is 0.389. The molecule has 0 radical (unpaired) electrons. The van der Waals surface area contributed by atoms with Crippen LogP contribution < -0.4 is 0 Å². The van der Waals surface area contributed by atoms with Crippen molar-refractivity contribution in [3.05, 3.63) is 24.8 Å². The van der Waals surface area contributed by atoms with Crippen molar-refractivity contribution in [2.75, 3.05) is 6.54 Å². The molecule has 1 atom stereocenters. The molecule has 0 bridgehead atoms. The predicted octanol–water partition coefficient (Wildman–Crippen LogP) is 0.809. The second-order valence-electron chi connectivity index (χ2n) is 3.76. The Labute approximate surface area is 99.7 Å². The van der Waals surface area contributed by atoms with Crippen molar-refractivity contribution >= 4 is 17.8 Å². The van der Waals surface area contributed by atoms with Gasteiger partial charge in [0.1, 0.15) is 0 Å². The van der Waals surface area contributed by atoms with E-state index >= 15 is 0 Å². The number of nitrogens with zero attached hydrogens (tertiary/aromatic N) is 1. The Morgan fingerprint density at radius 3 is 2.59 bits per heavy atom. The van der Waals surface area contributed by atoms with Crippen molar-refractivity contribution in [3.63, 3.8) is 0 Å². The number of rotatable bonds is 6. The summed E-state index contributed by atoms with van der Waals surface area (Å²) < 4.78 is 4.96. The third kappa shape index (κ3) is 3.86. The molecule has 0 aromatic rings. The van der Waals surface area contributed by atoms with E-state index in [1.807, 2.05) is 0 Å². The zero-order chi connectivity index (χ0) is 12.8. The standard InChI is InChI=1S/C12H15NO4/c1-3-12(16)17-9(2)5-4-8-13-10(14)6-7-11(13)15/h3,6-7,9H,1,4-5,8H2,2H3. The molecule has 5 heteroatoms. The minimum atomic E-state index is -0.465. The first-order valence-corrected chi connectivity index (χ1v) is 5.41. The van der Waals surface area contributed by atoms with Crippen molar-refractivity contribution in [2.45, 2.75) is 25.9 Å². The Hall–Kier alpha value is -1.91. The summed E-state index contributed by atoms with van der Waals surface area (Å²) in [5.74, 6) is -1.04. The first-order valence-electron chi connectivity index (χ1n) is 5.41. The van der Waals surface area contributed by atoms with E-state index in [0.29, 0.717) is 19.4 Å². The molecule has 5 nitrogen and oxygen atoms in total. The third-order valence-electron chi connectivity index (χ3n) is 2.38. The highest BCUT2D eigenvalue weighted by Crippen LogP contribution is 2.08. The van der Waals surface area contributed by atoms with E-state index < -0.39 is 5.97 Å². The van der Waals surface area contributed by atoms with Crippen molar-refractivity contribution in [1.29, 1.82) is 0 Å². The number of carbonyl (C=O) groups excluding carboxylic acids is 3. The second-order valence-corrected chi connectivity index (χ2v) is 3.76. The predicted molar refractivity (Wildman–Crippen MR) is 60.8 cm³/mol. The third-order valence-corrected chi connectivity index (χ3v) is 2.38. The molecule has 0 fully saturated rings. The van der Waals surface area contributed by atoms with Crippen LogP contribution in [0.1, 0.15) is 19.8 Å². The number of imide groups is 1. The summed E-state index contributed by atoms with van der Waals surface area (Å²) in [7, 11) is 0. The molecule has 1 aliphatic rings. The van der Waals surface area contributed by atoms with Crippen LogP contribution in [0.2, 0.25) is 0 Å². The number of ether oxygens (including phenoxy) is 1. The fourth-order valence-corrected chi connectivity index (χ4v) is 1.49. The van der Waals surface area contributed by atoms with Crippen molar-refractivity contribution < 1.29 is 19.1 Å². The van der Waals surface area contributed by atoms with Crippen molar-refractivity contribution in [3.8, 4) is 0 Å². The van der Waals surface area contributed by atoms with E-state index in [0.717, 1.165) is 6.08 Å². The highest BCUT2D eigenvalue weighted by atomic mass is 16.5. The Balaban J connectivity index is 2.24. The molecule has 92 valence electrons. The van der Waals surface area contributed by atoms with Gasteiger partial charge in [-0.15, -0.1) is 0 Å². The minimum Gasteiger partial charge on any atom is -0.460 e. The minimum absolute atomic E-state index is 0.249. The van der Waals surface area contributed by atoms with Crippen LogP contribution in [0.15, 0.2) is 24.8 Å². The van der Waals surface area contributed by atoms with Gasteiger partial charge >= 0.3 is 5.97 Å². The summed E-state index contributed by atoms with van der Waals surface area (Å²) in [6.07, 6.45) is 4.56. The molecule has 0 aromatic heterocycles. The molecule has 0 saturated heterocycles. The Bertz CT molecular complexity index is 355. The monoisotopic (exact) mass is 237 g/mol. The number of hydrogen-bond donors (Lipinski definition) is 0. The summed E-state index contributed by atoms with van der Waals surface area (Å²) in [6, 6.07) is 0. The first kappa shape index (κ1) is 13.2. The van der Waals surface area contributed by atoms with E-state index in [1.54, 1.807) is 6.92 Å². The SMILES string of the molecule is C=CC(=O)OC(C)CCCN1C(=O)C=CC1=O. The number of esters is 1. The molecule has 2 amide bonds. The summed E-state index contributed by atoms with van der Waals surface area (Å²) >= 11 is 0. The van der Waals surface area contributed by atoms with Gasteiger partial charge in [0.05, 0.1) is 6.10 Å². The van der Waals surface area contributed by atoms with Gasteiger partial charge in [-0.2, -0.15) is 0 Å². The van der Waals surface area contributed by atoms with Gasteiger partial charge in [0.25, 0.3) is 11.8 Å². The van der Waals surface area contributed by atoms with Gasteiger partial charge in [-0.05, 0) is 19.8 Å². The van der Waals surface area contributed by atoms with Crippen LogP contribution in [0, 0.1) is 0 Å². The fraction of sp³-hybridized carbons (Fsp3) is 0.417. The van der Waals surface area contributed by atoms with Crippen molar-refractivity contribution in [1.82, 2.24) is 4.90 Å². The van der Waals surface area contributed by atoms with E-state index in [9.17, 15) is 14.4 Å². The maximum Gasteiger partial charge on any atom is 0.330 e. The summed E-state index contributed by atoms with van der Waals surface area (Å²) in [4.78, 5) is 34.5. The molecular weight excluding hydrogens is 222 g/mol. The van der Waals surface area contributed by atoms with Crippen LogP contribution in [-0.2, 0) is 19.1 Å². The van der Waals surface area contributed by atoms with Crippen LogP contribution in [0.25, 0.3) is 0 Å². The average Bonchev–Trinajstić information content (AvgIpc) is 2.60. The molecule has 1 rings (SSSR count). The van der Waals surface area contributed by atoms with Crippen LogP contribution in [-0.4, -0.2) is 35.3 Å². The molecule has 1 aliphatic heterocycles. The molecule has 0 saturated carbocycles. The van der Waals surface area contributed by atoms with Crippen LogP contribution in [0.5, 0.6) is 0 Å². The summed E-state index contributed by atoms with van der Waals surface area (Å²) in [5.41, 5.74) is 0. The Kier molecular flexibility index (Phi) is 4.63. The molecule has 1 heterocycles. The van der Waals surface area contributed by atoms with Crippen LogP contribution >= 0.6 is 0 Å². The molecule has 17 heavy (non-hydrogen) atoms. The first-order chi connectivity index (χ1) is 8.04. The Morgan fingerprint density at radius 1 is 1.47 bits per heavy atom. The van der Waals surface area contributed by atoms with E-state index in [-0.39, 0.29) is 17.9 Å². The van der Waals surface area contributed by atoms with Crippen molar-refractivity contribution in [2.24, 2.45) is 0 Å². The number of amides is 2. The number of hydrogen-bond acceptors (Lipinski definition) is 4. The maximum absolute atomic E-state index is 11.2. The molecule has 1 unspecified atom stereocenters. The summed E-state index contributed by atoms with van der Waals surface area (Å²) in [6.45, 7) is 5.40. The van der Waals surface area contributed by atoms with Crippen LogP contribution in [0.4, 0.5) is 0 Å². The van der Waals surface area contributed by atoms with E-state index in [4.69, 9.17) is 4.74 Å². The molecule has 0 N–H and O–H groups in total. The lowest BCUT2D eigenvalue weighted by atomic mass is 10.2. The largest absolute Gasteiger partial charge is 0.460 e. The Morgan fingerprint density at radius 2 is 2.06 bits per heavy atom. The van der Waals surface area contributed by atoms with Gasteiger partial charge in [-0.3, -0.25) is 14.5 Å². The smallest absolute Gasteiger partial charge is 0.330 e. The van der Waals surface area contributed by atoms with Gasteiger partial charge in [-0.1, -0.05) is 6.58 Å². The molecule has 0 spiro atoms. The normalized spacial score (nSPS) is 16.2. The van der Waals surface area contributed by atoms with E-state index in [2.05, 4.69) is 6.58 Å². The average molecular weight is 237 g/mol. The lowest BCUT2D eigenvalue weighted by Gasteiger charge is -2.15. The van der Waals surface area contributed by atoms with Gasteiger partial charge < -0.3 is 4.74 Å². The fourth-order valence-electron chi connectivity index (χ4n) is 1.49. The highest BCUT2D eigenvalue weighted by Gasteiger charge is 2.22. The molecule has 0 aliphatic carbocycles. The van der Waals surface area contributed by atoms with E-state index in [1.165, 1.54) is 17.1 Å². The topological polar surface area (TPSA) is 63.7 Å². The van der Waals surface area contributed by atoms with Gasteiger partial charge in [-0.25, -0.2) is 4.79 Å². The van der Waals surface area contributed by atoms with Gasteiger partial charge in [0.2, 0.25) is 0 Å². The lowest BCUT2D eigenvalue weighted by Crippen LogP contribution is -2.31. The van der Waals surface area contributed by atoms with Gasteiger partial charge in [0, 0.05) is 24.8 Å². The second kappa shape index (κ2) is 5.98. The van der Waals surface area contributed by atoms with Gasteiger partial charge in [0.15, 0.2) is 0 Å². The maximum atomic E-state index is 11.2. The molecule has 0 aromatic carbocycles. The zero-order valence-corrected chi connectivity index (χ0v) is 9.72. The summed E-state index contributed by atoms with van der Waals surface area (Å²) in [5, 5.41) is 0. The highest BCUT2D eigenvalue weighted by molar-refractivity contribution is 6.12.